The highest BCUT2D eigenvalue weighted by Crippen LogP contribution is 2.33. The number of halogens is 1. The summed E-state index contributed by atoms with van der Waals surface area (Å²) in [7, 11) is 0. The molecule has 3 nitrogen and oxygen atoms in total. The van der Waals surface area contributed by atoms with Gasteiger partial charge in [0.15, 0.2) is 0 Å². The zero-order valence-electron chi connectivity index (χ0n) is 9.35. The molecule has 1 amide bonds. The maximum absolute atomic E-state index is 13.1. The Morgan fingerprint density at radius 2 is 1.94 bits per heavy atom. The van der Waals surface area contributed by atoms with E-state index in [1.54, 1.807) is 24.5 Å². The van der Waals surface area contributed by atoms with E-state index in [1.165, 1.54) is 12.1 Å². The Labute approximate surface area is 103 Å². The van der Waals surface area contributed by atoms with Gasteiger partial charge in [-0.1, -0.05) is 0 Å². The van der Waals surface area contributed by atoms with Crippen LogP contribution in [0.3, 0.4) is 0 Å². The zero-order valence-corrected chi connectivity index (χ0v) is 9.35. The van der Waals surface area contributed by atoms with Gasteiger partial charge in [0, 0.05) is 23.5 Å². The van der Waals surface area contributed by atoms with E-state index in [1.807, 2.05) is 12.1 Å². The van der Waals surface area contributed by atoms with Crippen molar-refractivity contribution >= 4 is 23.2 Å². The number of pyridine rings is 1. The topological polar surface area (TPSA) is 42.0 Å². The number of hydrogen-bond donors (Lipinski definition) is 1. The normalized spacial score (nSPS) is 15.6. The standard InChI is InChI=1S/C14H9FN2O/c15-10-1-2-11-12(14(18)17-13(11)8-10)7-9-3-5-16-6-4-9/h1-8H,(H,17,18). The van der Waals surface area contributed by atoms with Crippen molar-refractivity contribution in [1.29, 1.82) is 0 Å². The summed E-state index contributed by atoms with van der Waals surface area (Å²) in [6.45, 7) is 0. The molecule has 1 N–H and O–H groups in total. The quantitative estimate of drug-likeness (QED) is 0.779. The minimum atomic E-state index is -0.362. The summed E-state index contributed by atoms with van der Waals surface area (Å²) in [5.41, 5.74) is 2.65. The van der Waals surface area contributed by atoms with Crippen LogP contribution in [0.1, 0.15) is 11.1 Å². The highest BCUT2D eigenvalue weighted by atomic mass is 19.1. The minimum Gasteiger partial charge on any atom is -0.321 e. The molecule has 4 heteroatoms. The number of carbonyl (C=O) groups excluding carboxylic acids is 1. The van der Waals surface area contributed by atoms with Crippen LogP contribution in [0, 0.1) is 5.82 Å². The van der Waals surface area contributed by atoms with Gasteiger partial charge in [0.2, 0.25) is 0 Å². The largest absolute Gasteiger partial charge is 0.321 e. The predicted molar refractivity (Wildman–Crippen MR) is 67.1 cm³/mol. The molecule has 0 radical (unpaired) electrons. The van der Waals surface area contributed by atoms with Crippen LogP contribution in [-0.4, -0.2) is 10.9 Å². The van der Waals surface area contributed by atoms with Crippen molar-refractivity contribution in [3.63, 3.8) is 0 Å². The Morgan fingerprint density at radius 1 is 1.17 bits per heavy atom. The summed E-state index contributed by atoms with van der Waals surface area (Å²) >= 11 is 0. The molecule has 2 aromatic rings. The molecule has 0 saturated carbocycles. The molecule has 1 aliphatic heterocycles. The Morgan fingerprint density at radius 3 is 2.72 bits per heavy atom. The SMILES string of the molecule is O=C1Nc2cc(F)ccc2C1=Cc1ccncc1. The van der Waals surface area contributed by atoms with E-state index >= 15 is 0 Å². The van der Waals surface area contributed by atoms with E-state index < -0.39 is 0 Å². The Bertz CT molecular complexity index is 650. The number of hydrogen-bond acceptors (Lipinski definition) is 2. The van der Waals surface area contributed by atoms with Crippen LogP contribution in [0.25, 0.3) is 11.6 Å². The van der Waals surface area contributed by atoms with Crippen LogP contribution in [-0.2, 0) is 4.79 Å². The molecule has 0 spiro atoms. The number of benzene rings is 1. The molecular formula is C14H9FN2O. The second-order valence-electron chi connectivity index (χ2n) is 3.98. The first-order valence-corrected chi connectivity index (χ1v) is 5.47. The van der Waals surface area contributed by atoms with Crippen LogP contribution in [0.5, 0.6) is 0 Å². The summed E-state index contributed by atoms with van der Waals surface area (Å²) < 4.78 is 13.1. The molecule has 0 saturated heterocycles. The molecule has 1 aromatic heterocycles. The van der Waals surface area contributed by atoms with E-state index in [4.69, 9.17) is 0 Å². The number of nitrogens with one attached hydrogen (secondary N) is 1. The monoisotopic (exact) mass is 240 g/mol. The molecule has 1 aromatic carbocycles. The first-order chi connectivity index (χ1) is 8.74. The van der Waals surface area contributed by atoms with Crippen molar-refractivity contribution < 1.29 is 9.18 Å². The summed E-state index contributed by atoms with van der Waals surface area (Å²) in [5, 5.41) is 2.65. The Kier molecular flexibility index (Phi) is 2.41. The van der Waals surface area contributed by atoms with Crippen molar-refractivity contribution in [2.24, 2.45) is 0 Å². The lowest BCUT2D eigenvalue weighted by Gasteiger charge is -1.98. The van der Waals surface area contributed by atoms with Crippen molar-refractivity contribution in [2.75, 3.05) is 5.32 Å². The summed E-state index contributed by atoms with van der Waals surface area (Å²) in [4.78, 5) is 15.7. The number of carbonyl (C=O) groups is 1. The van der Waals surface area contributed by atoms with Crippen LogP contribution in [0.4, 0.5) is 10.1 Å². The molecule has 88 valence electrons. The second-order valence-corrected chi connectivity index (χ2v) is 3.98. The van der Waals surface area contributed by atoms with Crippen molar-refractivity contribution in [1.82, 2.24) is 4.98 Å². The Hall–Kier alpha value is -2.49. The predicted octanol–water partition coefficient (Wildman–Crippen LogP) is 2.71. The van der Waals surface area contributed by atoms with Gasteiger partial charge in [-0.25, -0.2) is 4.39 Å². The van der Waals surface area contributed by atoms with Crippen LogP contribution in [0.15, 0.2) is 42.7 Å². The number of fused-ring (bicyclic) bond motifs is 1. The fourth-order valence-electron chi connectivity index (χ4n) is 1.94. The molecule has 3 rings (SSSR count). The van der Waals surface area contributed by atoms with Gasteiger partial charge >= 0.3 is 0 Å². The number of nitrogens with zero attached hydrogens (tertiary/aromatic N) is 1. The number of amides is 1. The lowest BCUT2D eigenvalue weighted by molar-refractivity contribution is -0.110. The number of rotatable bonds is 1. The first-order valence-electron chi connectivity index (χ1n) is 5.47. The van der Waals surface area contributed by atoms with Gasteiger partial charge < -0.3 is 5.32 Å². The average molecular weight is 240 g/mol. The number of aromatic nitrogens is 1. The van der Waals surface area contributed by atoms with E-state index in [2.05, 4.69) is 10.3 Å². The molecule has 0 bridgehead atoms. The Balaban J connectivity index is 2.10. The first kappa shape index (κ1) is 10.7. The van der Waals surface area contributed by atoms with Gasteiger partial charge in [0.05, 0.1) is 5.69 Å². The minimum absolute atomic E-state index is 0.215. The fraction of sp³-hybridized carbons (Fsp3) is 0. The highest BCUT2D eigenvalue weighted by molar-refractivity contribution is 6.34. The molecule has 1 aliphatic rings. The van der Waals surface area contributed by atoms with Crippen molar-refractivity contribution in [2.45, 2.75) is 0 Å². The second kappa shape index (κ2) is 4.07. The van der Waals surface area contributed by atoms with E-state index in [0.717, 1.165) is 11.1 Å². The van der Waals surface area contributed by atoms with E-state index in [0.29, 0.717) is 11.3 Å². The van der Waals surface area contributed by atoms with Crippen LogP contribution >= 0.6 is 0 Å². The molecule has 0 fully saturated rings. The number of anilines is 1. The van der Waals surface area contributed by atoms with E-state index in [9.17, 15) is 9.18 Å². The lowest BCUT2D eigenvalue weighted by Crippen LogP contribution is -2.03. The van der Waals surface area contributed by atoms with Gasteiger partial charge in [-0.3, -0.25) is 9.78 Å². The summed E-state index contributed by atoms with van der Waals surface area (Å²) in [6.07, 6.45) is 5.08. The van der Waals surface area contributed by atoms with E-state index in [-0.39, 0.29) is 11.7 Å². The maximum atomic E-state index is 13.1. The van der Waals surface area contributed by atoms with Crippen molar-refractivity contribution in [3.05, 3.63) is 59.7 Å². The maximum Gasteiger partial charge on any atom is 0.256 e. The average Bonchev–Trinajstić information content (AvgIpc) is 2.66. The third-order valence-electron chi connectivity index (χ3n) is 2.78. The highest BCUT2D eigenvalue weighted by Gasteiger charge is 2.24. The smallest absolute Gasteiger partial charge is 0.256 e. The zero-order chi connectivity index (χ0) is 12.5. The third-order valence-corrected chi connectivity index (χ3v) is 2.78. The lowest BCUT2D eigenvalue weighted by atomic mass is 10.0. The summed E-state index contributed by atoms with van der Waals surface area (Å²) in [5.74, 6) is -0.577. The van der Waals surface area contributed by atoms with Gasteiger partial charge in [0.1, 0.15) is 5.82 Å². The van der Waals surface area contributed by atoms with Crippen LogP contribution < -0.4 is 5.32 Å². The van der Waals surface area contributed by atoms with Gasteiger partial charge in [0.25, 0.3) is 5.91 Å². The van der Waals surface area contributed by atoms with Gasteiger partial charge in [-0.15, -0.1) is 0 Å². The van der Waals surface area contributed by atoms with Crippen molar-refractivity contribution in [3.8, 4) is 0 Å². The molecule has 0 unspecified atom stereocenters. The molecular weight excluding hydrogens is 231 g/mol. The molecule has 18 heavy (non-hydrogen) atoms. The van der Waals surface area contributed by atoms with Gasteiger partial charge in [-0.05, 0) is 42.0 Å². The van der Waals surface area contributed by atoms with Crippen LogP contribution in [0.2, 0.25) is 0 Å². The molecule has 0 atom stereocenters. The van der Waals surface area contributed by atoms with Gasteiger partial charge in [-0.2, -0.15) is 0 Å². The molecule has 0 aliphatic carbocycles. The molecule has 2 heterocycles. The third kappa shape index (κ3) is 1.78. The summed E-state index contributed by atoms with van der Waals surface area (Å²) in [6, 6.07) is 7.89. The fourth-order valence-corrected chi connectivity index (χ4v) is 1.94.